The van der Waals surface area contributed by atoms with Gasteiger partial charge in [-0.15, -0.1) is 10.2 Å². The third kappa shape index (κ3) is 1.99. The Labute approximate surface area is 103 Å². The van der Waals surface area contributed by atoms with Crippen molar-refractivity contribution in [3.63, 3.8) is 0 Å². The molecule has 2 aromatic heterocycles. The summed E-state index contributed by atoms with van der Waals surface area (Å²) in [6.45, 7) is 3.72. The molecule has 2 aromatic rings. The van der Waals surface area contributed by atoms with Gasteiger partial charge in [0, 0.05) is 7.05 Å². The number of hydrogen-bond acceptors (Lipinski definition) is 5. The Bertz CT molecular complexity index is 622. The molecule has 2 heterocycles. The van der Waals surface area contributed by atoms with Crippen molar-refractivity contribution in [3.05, 3.63) is 23.4 Å². The van der Waals surface area contributed by atoms with Crippen molar-refractivity contribution in [2.75, 3.05) is 0 Å². The van der Waals surface area contributed by atoms with Crippen molar-refractivity contribution in [2.24, 2.45) is 23.0 Å². The molecule has 8 nitrogen and oxygen atoms in total. The molecule has 0 bridgehead atoms. The molecular formula is C10H13N7O. The monoisotopic (exact) mass is 247 g/mol. The van der Waals surface area contributed by atoms with Gasteiger partial charge in [-0.1, -0.05) is 0 Å². The fraction of sp³-hybridized carbons (Fsp3) is 0.300. The van der Waals surface area contributed by atoms with Crippen LogP contribution in [0.5, 0.6) is 0 Å². The Morgan fingerprint density at radius 3 is 2.72 bits per heavy atom. The fourth-order valence-electron chi connectivity index (χ4n) is 1.55. The summed E-state index contributed by atoms with van der Waals surface area (Å²) < 4.78 is 1.71. The van der Waals surface area contributed by atoms with Gasteiger partial charge in [0.05, 0.1) is 17.7 Å². The molecule has 0 aliphatic heterocycles. The summed E-state index contributed by atoms with van der Waals surface area (Å²) in [6, 6.07) is 0. The van der Waals surface area contributed by atoms with Gasteiger partial charge in [0.2, 0.25) is 5.82 Å². The van der Waals surface area contributed by atoms with E-state index in [4.69, 9.17) is 5.73 Å². The lowest BCUT2D eigenvalue weighted by molar-refractivity contribution is 0.0996. The zero-order valence-electron chi connectivity index (χ0n) is 10.3. The number of nitrogens with one attached hydrogen (secondary N) is 1. The molecule has 0 saturated heterocycles. The van der Waals surface area contributed by atoms with Crippen molar-refractivity contribution < 1.29 is 4.79 Å². The summed E-state index contributed by atoms with van der Waals surface area (Å²) in [5.74, 6) is -0.453. The first-order valence-electron chi connectivity index (χ1n) is 5.25. The molecular weight excluding hydrogens is 234 g/mol. The van der Waals surface area contributed by atoms with Crippen LogP contribution in [-0.2, 0) is 7.05 Å². The molecule has 8 heteroatoms. The lowest BCUT2D eigenvalue weighted by Gasteiger charge is -1.93. The van der Waals surface area contributed by atoms with E-state index in [0.29, 0.717) is 5.69 Å². The predicted molar refractivity (Wildman–Crippen MR) is 64.0 cm³/mol. The second kappa shape index (κ2) is 4.40. The lowest BCUT2D eigenvalue weighted by Crippen LogP contribution is -2.11. The topological polar surface area (TPSA) is 114 Å². The van der Waals surface area contributed by atoms with Crippen LogP contribution in [0.2, 0.25) is 0 Å². The standard InChI is InChI=1S/C10H13N7O/c1-5-7(6(2)17(3)16-5)14-15-10-8(9(11)18)12-4-13-10/h4H,1-3H3,(H2,11,18)(H,12,13). The summed E-state index contributed by atoms with van der Waals surface area (Å²) in [7, 11) is 1.82. The number of aromatic nitrogens is 4. The molecule has 18 heavy (non-hydrogen) atoms. The van der Waals surface area contributed by atoms with E-state index in [1.54, 1.807) is 4.68 Å². The van der Waals surface area contributed by atoms with Crippen LogP contribution in [0.4, 0.5) is 11.5 Å². The molecule has 0 aliphatic rings. The van der Waals surface area contributed by atoms with E-state index >= 15 is 0 Å². The van der Waals surface area contributed by atoms with E-state index in [1.165, 1.54) is 6.33 Å². The SMILES string of the molecule is Cc1nn(C)c(C)c1N=Nc1nc[nH]c1C(N)=O. The molecule has 1 amide bonds. The summed E-state index contributed by atoms with van der Waals surface area (Å²) >= 11 is 0. The summed E-state index contributed by atoms with van der Waals surface area (Å²) in [6.07, 6.45) is 1.34. The number of H-pyrrole nitrogens is 1. The van der Waals surface area contributed by atoms with E-state index in [0.717, 1.165) is 11.4 Å². The van der Waals surface area contributed by atoms with Crippen molar-refractivity contribution >= 4 is 17.4 Å². The molecule has 0 spiro atoms. The minimum Gasteiger partial charge on any atom is -0.364 e. The van der Waals surface area contributed by atoms with Crippen molar-refractivity contribution in [3.8, 4) is 0 Å². The Hall–Kier alpha value is -2.51. The first-order valence-corrected chi connectivity index (χ1v) is 5.25. The highest BCUT2D eigenvalue weighted by molar-refractivity contribution is 5.94. The predicted octanol–water partition coefficient (Wildman–Crippen LogP) is 1.27. The van der Waals surface area contributed by atoms with E-state index in [1.807, 2.05) is 20.9 Å². The Morgan fingerprint density at radius 1 is 1.44 bits per heavy atom. The van der Waals surface area contributed by atoms with Gasteiger partial charge in [0.15, 0.2) is 5.69 Å². The van der Waals surface area contributed by atoms with Gasteiger partial charge in [-0.2, -0.15) is 5.10 Å². The number of primary amides is 1. The van der Waals surface area contributed by atoms with Gasteiger partial charge in [-0.25, -0.2) is 4.98 Å². The van der Waals surface area contributed by atoms with E-state index < -0.39 is 5.91 Å². The van der Waals surface area contributed by atoms with Crippen LogP contribution in [0.15, 0.2) is 16.6 Å². The van der Waals surface area contributed by atoms with Gasteiger partial charge in [-0.3, -0.25) is 9.48 Å². The third-order valence-corrected chi connectivity index (χ3v) is 2.58. The fourth-order valence-corrected chi connectivity index (χ4v) is 1.55. The number of aryl methyl sites for hydroxylation is 2. The minimum atomic E-state index is -0.624. The quantitative estimate of drug-likeness (QED) is 0.796. The van der Waals surface area contributed by atoms with Crippen LogP contribution in [0.3, 0.4) is 0 Å². The lowest BCUT2D eigenvalue weighted by atomic mass is 10.3. The zero-order valence-corrected chi connectivity index (χ0v) is 10.3. The molecule has 0 aliphatic carbocycles. The second-order valence-corrected chi connectivity index (χ2v) is 3.81. The van der Waals surface area contributed by atoms with Crippen LogP contribution < -0.4 is 5.73 Å². The number of azo groups is 1. The summed E-state index contributed by atoms with van der Waals surface area (Å²) in [5, 5.41) is 12.2. The molecule has 0 saturated carbocycles. The maximum absolute atomic E-state index is 11.1. The highest BCUT2D eigenvalue weighted by Crippen LogP contribution is 2.25. The summed E-state index contributed by atoms with van der Waals surface area (Å²) in [4.78, 5) is 17.6. The number of carbonyl (C=O) groups is 1. The molecule has 2 rings (SSSR count). The van der Waals surface area contributed by atoms with Crippen LogP contribution in [-0.4, -0.2) is 25.7 Å². The van der Waals surface area contributed by atoms with Crippen LogP contribution in [0.25, 0.3) is 0 Å². The average molecular weight is 247 g/mol. The summed E-state index contributed by atoms with van der Waals surface area (Å²) in [5.41, 5.74) is 7.60. The molecule has 0 radical (unpaired) electrons. The number of hydrogen-bond donors (Lipinski definition) is 2. The maximum atomic E-state index is 11.1. The van der Waals surface area contributed by atoms with Gasteiger partial charge in [-0.05, 0) is 13.8 Å². The van der Waals surface area contributed by atoms with Crippen molar-refractivity contribution in [2.45, 2.75) is 13.8 Å². The van der Waals surface area contributed by atoms with E-state index in [9.17, 15) is 4.79 Å². The molecule has 0 unspecified atom stereocenters. The maximum Gasteiger partial charge on any atom is 0.269 e. The first-order chi connectivity index (χ1) is 8.50. The Balaban J connectivity index is 2.36. The van der Waals surface area contributed by atoms with Gasteiger partial charge < -0.3 is 10.7 Å². The largest absolute Gasteiger partial charge is 0.364 e. The molecule has 3 N–H and O–H groups in total. The normalized spacial score (nSPS) is 11.3. The van der Waals surface area contributed by atoms with Gasteiger partial charge in [0.25, 0.3) is 5.91 Å². The third-order valence-electron chi connectivity index (χ3n) is 2.58. The smallest absolute Gasteiger partial charge is 0.269 e. The van der Waals surface area contributed by atoms with Crippen molar-refractivity contribution in [1.82, 2.24) is 19.7 Å². The van der Waals surface area contributed by atoms with E-state index in [2.05, 4.69) is 25.3 Å². The number of carbonyl (C=O) groups excluding carboxylic acids is 1. The van der Waals surface area contributed by atoms with Crippen molar-refractivity contribution in [1.29, 1.82) is 0 Å². The highest BCUT2D eigenvalue weighted by Gasteiger charge is 2.12. The van der Waals surface area contributed by atoms with E-state index in [-0.39, 0.29) is 11.5 Å². The number of nitrogens with two attached hydrogens (primary N) is 1. The van der Waals surface area contributed by atoms with Crippen LogP contribution >= 0.6 is 0 Å². The number of amides is 1. The average Bonchev–Trinajstić information content (AvgIpc) is 2.84. The molecule has 0 fully saturated rings. The first kappa shape index (κ1) is 12.0. The highest BCUT2D eigenvalue weighted by atomic mass is 16.1. The number of nitrogens with zero attached hydrogens (tertiary/aromatic N) is 5. The Morgan fingerprint density at radius 2 is 2.17 bits per heavy atom. The van der Waals surface area contributed by atoms with Gasteiger partial charge >= 0.3 is 0 Å². The van der Waals surface area contributed by atoms with Gasteiger partial charge in [0.1, 0.15) is 5.69 Å². The number of aromatic amines is 1. The number of rotatable bonds is 3. The van der Waals surface area contributed by atoms with Crippen LogP contribution in [0.1, 0.15) is 21.9 Å². The molecule has 0 atom stereocenters. The second-order valence-electron chi connectivity index (χ2n) is 3.81. The van der Waals surface area contributed by atoms with Crippen LogP contribution in [0, 0.1) is 13.8 Å². The number of imidazole rings is 1. The minimum absolute atomic E-state index is 0.137. The molecule has 0 aromatic carbocycles. The zero-order chi connectivity index (χ0) is 13.3. The molecule has 94 valence electrons. The Kier molecular flexibility index (Phi) is 2.92.